The van der Waals surface area contributed by atoms with E-state index in [1.54, 1.807) is 0 Å². The third-order valence-electron chi connectivity index (χ3n) is 3.86. The number of para-hydroxylation sites is 1. The van der Waals surface area contributed by atoms with Crippen LogP contribution in [0.5, 0.6) is 0 Å². The van der Waals surface area contributed by atoms with E-state index in [-0.39, 0.29) is 5.41 Å². The van der Waals surface area contributed by atoms with Crippen molar-refractivity contribution in [3.05, 3.63) is 29.8 Å². The fourth-order valence-corrected chi connectivity index (χ4v) is 2.49. The Morgan fingerprint density at radius 1 is 1.11 bits per heavy atom. The lowest BCUT2D eigenvalue weighted by molar-refractivity contribution is 0.472. The van der Waals surface area contributed by atoms with Crippen LogP contribution in [0.3, 0.4) is 0 Å². The van der Waals surface area contributed by atoms with E-state index in [1.165, 1.54) is 36.9 Å². The van der Waals surface area contributed by atoms with Gasteiger partial charge in [-0.05, 0) is 29.4 Å². The number of nitrogens with one attached hydrogen (secondary N) is 1. The largest absolute Gasteiger partial charge is 0.385 e. The third-order valence-corrected chi connectivity index (χ3v) is 3.86. The van der Waals surface area contributed by atoms with Crippen LogP contribution in [0.4, 0.5) is 5.69 Å². The summed E-state index contributed by atoms with van der Waals surface area (Å²) in [6.07, 6.45) is 5.26. The minimum atomic E-state index is 0.203. The molecule has 0 amide bonds. The molecule has 0 aliphatic carbocycles. The molecule has 1 unspecified atom stereocenters. The Morgan fingerprint density at radius 3 is 2.37 bits per heavy atom. The topological polar surface area (TPSA) is 12.0 Å². The van der Waals surface area contributed by atoms with E-state index in [4.69, 9.17) is 0 Å². The molecule has 0 saturated carbocycles. The molecule has 108 valence electrons. The molecule has 1 heteroatoms. The maximum absolute atomic E-state index is 3.68. The van der Waals surface area contributed by atoms with Crippen molar-refractivity contribution in [2.24, 2.45) is 5.92 Å². The summed E-state index contributed by atoms with van der Waals surface area (Å²) in [4.78, 5) is 0. The summed E-state index contributed by atoms with van der Waals surface area (Å²) >= 11 is 0. The number of unbranched alkanes of at least 4 members (excludes halogenated alkanes) is 1. The zero-order chi connectivity index (χ0) is 14.3. The first-order valence-electron chi connectivity index (χ1n) is 7.82. The average molecular weight is 261 g/mol. The van der Waals surface area contributed by atoms with Gasteiger partial charge in [0.2, 0.25) is 0 Å². The van der Waals surface area contributed by atoms with Gasteiger partial charge in [0.15, 0.2) is 0 Å². The van der Waals surface area contributed by atoms with Crippen LogP contribution < -0.4 is 5.32 Å². The molecule has 0 aromatic heterocycles. The minimum absolute atomic E-state index is 0.203. The number of rotatable bonds is 7. The first-order chi connectivity index (χ1) is 8.99. The van der Waals surface area contributed by atoms with Crippen molar-refractivity contribution >= 4 is 5.69 Å². The summed E-state index contributed by atoms with van der Waals surface area (Å²) in [5, 5.41) is 3.68. The summed E-state index contributed by atoms with van der Waals surface area (Å²) in [5.74, 6) is 0.799. The molecular weight excluding hydrogens is 230 g/mol. The lowest BCUT2D eigenvalue weighted by Crippen LogP contribution is -2.18. The van der Waals surface area contributed by atoms with Crippen LogP contribution in [0, 0.1) is 5.92 Å². The summed E-state index contributed by atoms with van der Waals surface area (Å²) in [6, 6.07) is 8.73. The molecule has 0 aliphatic rings. The lowest BCUT2D eigenvalue weighted by Gasteiger charge is -2.25. The molecule has 1 aromatic rings. The summed E-state index contributed by atoms with van der Waals surface area (Å²) in [7, 11) is 0. The summed E-state index contributed by atoms with van der Waals surface area (Å²) in [5.41, 5.74) is 2.93. The highest BCUT2D eigenvalue weighted by Gasteiger charge is 2.17. The van der Waals surface area contributed by atoms with Crippen molar-refractivity contribution in [3.63, 3.8) is 0 Å². The van der Waals surface area contributed by atoms with E-state index in [2.05, 4.69) is 64.2 Å². The number of hydrogen-bond acceptors (Lipinski definition) is 1. The fourth-order valence-electron chi connectivity index (χ4n) is 2.49. The predicted molar refractivity (Wildman–Crippen MR) is 86.9 cm³/mol. The quantitative estimate of drug-likeness (QED) is 0.672. The van der Waals surface area contributed by atoms with Crippen molar-refractivity contribution < 1.29 is 0 Å². The summed E-state index contributed by atoms with van der Waals surface area (Å²) < 4.78 is 0. The van der Waals surface area contributed by atoms with Gasteiger partial charge in [-0.2, -0.15) is 0 Å². The zero-order valence-electron chi connectivity index (χ0n) is 13.4. The molecule has 0 radical (unpaired) electrons. The molecule has 1 rings (SSSR count). The van der Waals surface area contributed by atoms with Crippen LogP contribution in [0.25, 0.3) is 0 Å². The SMILES string of the molecule is CCCCC(CC)CNc1ccccc1C(C)(C)C. The van der Waals surface area contributed by atoms with Crippen molar-refractivity contribution in [2.45, 2.75) is 65.7 Å². The van der Waals surface area contributed by atoms with Gasteiger partial charge in [0.1, 0.15) is 0 Å². The highest BCUT2D eigenvalue weighted by Crippen LogP contribution is 2.29. The highest BCUT2D eigenvalue weighted by molar-refractivity contribution is 5.54. The van der Waals surface area contributed by atoms with Crippen molar-refractivity contribution in [1.82, 2.24) is 0 Å². The molecule has 0 aliphatic heterocycles. The molecule has 0 bridgehead atoms. The smallest absolute Gasteiger partial charge is 0.0378 e. The van der Waals surface area contributed by atoms with E-state index in [9.17, 15) is 0 Å². The maximum Gasteiger partial charge on any atom is 0.0378 e. The van der Waals surface area contributed by atoms with Gasteiger partial charge in [-0.25, -0.2) is 0 Å². The van der Waals surface area contributed by atoms with Gasteiger partial charge < -0.3 is 5.32 Å². The first kappa shape index (κ1) is 16.1. The van der Waals surface area contributed by atoms with Crippen LogP contribution in [0.1, 0.15) is 65.9 Å². The Morgan fingerprint density at radius 2 is 1.79 bits per heavy atom. The number of hydrogen-bond donors (Lipinski definition) is 1. The monoisotopic (exact) mass is 261 g/mol. The second-order valence-electron chi connectivity index (χ2n) is 6.59. The summed E-state index contributed by atoms with van der Waals surface area (Å²) in [6.45, 7) is 12.5. The maximum atomic E-state index is 3.68. The van der Waals surface area contributed by atoms with Crippen LogP contribution >= 0.6 is 0 Å². The highest BCUT2D eigenvalue weighted by atomic mass is 14.9. The lowest BCUT2D eigenvalue weighted by atomic mass is 9.85. The molecule has 0 spiro atoms. The standard InChI is InChI=1S/C18H31N/c1-6-8-11-15(7-2)14-19-17-13-10-9-12-16(17)18(3,4)5/h9-10,12-13,15,19H,6-8,11,14H2,1-5H3. The second-order valence-corrected chi connectivity index (χ2v) is 6.59. The Labute approximate surface area is 119 Å². The fraction of sp³-hybridized carbons (Fsp3) is 0.667. The third kappa shape index (κ3) is 5.26. The Hall–Kier alpha value is -0.980. The molecule has 1 N–H and O–H groups in total. The molecule has 0 fully saturated rings. The van der Waals surface area contributed by atoms with Crippen LogP contribution in [-0.4, -0.2) is 6.54 Å². The molecule has 1 aromatic carbocycles. The first-order valence-corrected chi connectivity index (χ1v) is 7.82. The average Bonchev–Trinajstić information content (AvgIpc) is 2.38. The zero-order valence-corrected chi connectivity index (χ0v) is 13.4. The van der Waals surface area contributed by atoms with Crippen molar-refractivity contribution in [3.8, 4) is 0 Å². The van der Waals surface area contributed by atoms with Gasteiger partial charge in [0, 0.05) is 12.2 Å². The van der Waals surface area contributed by atoms with Gasteiger partial charge in [-0.1, -0.05) is 72.1 Å². The Bertz CT molecular complexity index is 362. The van der Waals surface area contributed by atoms with E-state index in [1.807, 2.05) is 0 Å². The molecule has 19 heavy (non-hydrogen) atoms. The van der Waals surface area contributed by atoms with Crippen LogP contribution in [-0.2, 0) is 5.41 Å². The Kier molecular flexibility index (Phi) is 6.41. The molecular formula is C18H31N. The van der Waals surface area contributed by atoms with Crippen LogP contribution in [0.2, 0.25) is 0 Å². The molecule has 0 heterocycles. The van der Waals surface area contributed by atoms with E-state index >= 15 is 0 Å². The predicted octanol–water partition coefficient (Wildman–Crippen LogP) is 5.61. The van der Waals surface area contributed by atoms with Gasteiger partial charge in [-0.15, -0.1) is 0 Å². The van der Waals surface area contributed by atoms with E-state index < -0.39 is 0 Å². The van der Waals surface area contributed by atoms with Gasteiger partial charge in [0.25, 0.3) is 0 Å². The van der Waals surface area contributed by atoms with Crippen LogP contribution in [0.15, 0.2) is 24.3 Å². The van der Waals surface area contributed by atoms with Gasteiger partial charge in [0.05, 0.1) is 0 Å². The molecule has 1 nitrogen and oxygen atoms in total. The number of benzene rings is 1. The van der Waals surface area contributed by atoms with Gasteiger partial charge >= 0.3 is 0 Å². The second kappa shape index (κ2) is 7.57. The van der Waals surface area contributed by atoms with Crippen molar-refractivity contribution in [1.29, 1.82) is 0 Å². The number of anilines is 1. The van der Waals surface area contributed by atoms with E-state index in [0.717, 1.165) is 12.5 Å². The Balaban J connectivity index is 2.66. The van der Waals surface area contributed by atoms with E-state index in [0.29, 0.717) is 0 Å². The molecule has 1 atom stereocenters. The van der Waals surface area contributed by atoms with Crippen molar-refractivity contribution in [2.75, 3.05) is 11.9 Å². The minimum Gasteiger partial charge on any atom is -0.385 e. The van der Waals surface area contributed by atoms with Gasteiger partial charge in [-0.3, -0.25) is 0 Å². The normalized spacial score (nSPS) is 13.3. The molecule has 0 saturated heterocycles.